The van der Waals surface area contributed by atoms with Crippen LogP contribution in [0.4, 0.5) is 0 Å². The van der Waals surface area contributed by atoms with E-state index in [9.17, 15) is 18.0 Å². The van der Waals surface area contributed by atoms with E-state index in [4.69, 9.17) is 14.2 Å². The summed E-state index contributed by atoms with van der Waals surface area (Å²) in [5, 5.41) is 0. The van der Waals surface area contributed by atoms with Crippen LogP contribution in [0, 0.1) is 6.92 Å². The highest BCUT2D eigenvalue weighted by molar-refractivity contribution is 9.10. The number of benzene rings is 3. The summed E-state index contributed by atoms with van der Waals surface area (Å²) in [6, 6.07) is 19.7. The van der Waals surface area contributed by atoms with Crippen LogP contribution in [-0.4, -0.2) is 43.4 Å². The third-order valence-corrected chi connectivity index (χ3v) is 9.97. The Morgan fingerprint density at radius 1 is 0.975 bits per heavy atom. The predicted octanol–water partition coefficient (Wildman–Crippen LogP) is 5.18. The van der Waals surface area contributed by atoms with Crippen LogP contribution in [0.5, 0.6) is 0 Å². The lowest BCUT2D eigenvalue weighted by atomic mass is 9.74. The molecule has 2 heterocycles. The van der Waals surface area contributed by atoms with Gasteiger partial charge in [0.1, 0.15) is 5.60 Å². The highest BCUT2D eigenvalue weighted by Gasteiger charge is 2.79. The number of fused-ring (bicyclic) bond motifs is 2. The first-order valence-corrected chi connectivity index (χ1v) is 15.3. The second-order valence-corrected chi connectivity index (χ2v) is 12.5. The van der Waals surface area contributed by atoms with E-state index < -0.39 is 39.1 Å². The van der Waals surface area contributed by atoms with Crippen LogP contribution in [0.3, 0.4) is 0 Å². The van der Waals surface area contributed by atoms with Gasteiger partial charge in [-0.25, -0.2) is 18.0 Å². The monoisotopic (exact) mass is 627 g/mol. The molecule has 0 bridgehead atoms. The standard InChI is InChI=1S/C30H30BrNO7S/c1-4-37-27(33)30(28(34)38-5-2)29(25-12-7-6-9-22(25)19-39-29)18-26(21-10-8-11-23(31)17-21)32(30)40(35,36)24-15-13-20(3)14-16-24/h6-17,26H,4-5,18-19H2,1-3H3/t26-,29+/m1/s1. The summed E-state index contributed by atoms with van der Waals surface area (Å²) in [6.45, 7) is 4.96. The van der Waals surface area contributed by atoms with E-state index in [2.05, 4.69) is 15.9 Å². The van der Waals surface area contributed by atoms with Crippen molar-refractivity contribution < 1.29 is 32.2 Å². The molecule has 0 unspecified atom stereocenters. The number of nitrogens with zero attached hydrogens (tertiary/aromatic N) is 1. The van der Waals surface area contributed by atoms with Crippen molar-refractivity contribution in [1.82, 2.24) is 4.31 Å². The van der Waals surface area contributed by atoms with E-state index in [1.807, 2.05) is 25.1 Å². The zero-order valence-corrected chi connectivity index (χ0v) is 24.8. The average molecular weight is 629 g/mol. The first kappa shape index (κ1) is 28.5. The molecule has 10 heteroatoms. The summed E-state index contributed by atoms with van der Waals surface area (Å²) in [5.41, 5.74) is -1.49. The third-order valence-electron chi connectivity index (χ3n) is 7.56. The molecule has 2 aliphatic heterocycles. The predicted molar refractivity (Wildman–Crippen MR) is 151 cm³/mol. The molecule has 210 valence electrons. The Morgan fingerprint density at radius 3 is 2.25 bits per heavy atom. The summed E-state index contributed by atoms with van der Waals surface area (Å²) in [5.74, 6) is -2.09. The van der Waals surface area contributed by atoms with Crippen molar-refractivity contribution in [2.45, 2.75) is 55.9 Å². The van der Waals surface area contributed by atoms with Gasteiger partial charge in [-0.1, -0.05) is 70.0 Å². The zero-order chi connectivity index (χ0) is 28.7. The van der Waals surface area contributed by atoms with Crippen molar-refractivity contribution in [1.29, 1.82) is 0 Å². The maximum Gasteiger partial charge on any atom is 0.342 e. The van der Waals surface area contributed by atoms with E-state index in [0.29, 0.717) is 15.6 Å². The number of esters is 2. The van der Waals surface area contributed by atoms with Gasteiger partial charge < -0.3 is 14.2 Å². The largest absolute Gasteiger partial charge is 0.464 e. The van der Waals surface area contributed by atoms with E-state index in [-0.39, 0.29) is 31.1 Å². The number of rotatable bonds is 7. The summed E-state index contributed by atoms with van der Waals surface area (Å²) in [6.07, 6.45) is -0.0246. The molecule has 2 aliphatic rings. The molecule has 40 heavy (non-hydrogen) atoms. The molecule has 8 nitrogen and oxygen atoms in total. The fourth-order valence-electron chi connectivity index (χ4n) is 5.90. The summed E-state index contributed by atoms with van der Waals surface area (Å²) < 4.78 is 48.8. The van der Waals surface area contributed by atoms with E-state index in [0.717, 1.165) is 15.4 Å². The Balaban J connectivity index is 1.91. The van der Waals surface area contributed by atoms with Crippen LogP contribution >= 0.6 is 15.9 Å². The number of carbonyl (C=O) groups is 2. The molecule has 0 aromatic heterocycles. The minimum Gasteiger partial charge on any atom is -0.464 e. The highest BCUT2D eigenvalue weighted by atomic mass is 79.9. The van der Waals surface area contributed by atoms with Gasteiger partial charge in [0.05, 0.1) is 30.8 Å². The number of sulfonamides is 1. The number of aryl methyl sites for hydroxylation is 1. The quantitative estimate of drug-likeness (QED) is 0.263. The Bertz CT molecular complexity index is 1540. The van der Waals surface area contributed by atoms with Crippen LogP contribution in [0.1, 0.15) is 48.6 Å². The third kappa shape index (κ3) is 4.20. The Labute approximate surface area is 242 Å². The van der Waals surface area contributed by atoms with Gasteiger partial charge in [-0.2, -0.15) is 4.31 Å². The minimum absolute atomic E-state index is 0.0246. The van der Waals surface area contributed by atoms with Crippen LogP contribution in [0.2, 0.25) is 0 Å². The smallest absolute Gasteiger partial charge is 0.342 e. The lowest BCUT2D eigenvalue weighted by Gasteiger charge is -2.42. The van der Waals surface area contributed by atoms with Gasteiger partial charge in [-0.05, 0) is 61.7 Å². The molecule has 0 aliphatic carbocycles. The normalized spacial score (nSPS) is 21.8. The Kier molecular flexibility index (Phi) is 7.64. The van der Waals surface area contributed by atoms with Gasteiger partial charge in [0, 0.05) is 10.9 Å². The maximum absolute atomic E-state index is 14.7. The minimum atomic E-state index is -4.53. The van der Waals surface area contributed by atoms with Gasteiger partial charge in [-0.3, -0.25) is 0 Å². The van der Waals surface area contributed by atoms with Crippen molar-refractivity contribution in [2.75, 3.05) is 13.2 Å². The lowest BCUT2D eigenvalue weighted by Crippen LogP contribution is -2.68. The average Bonchev–Trinajstić information content (AvgIpc) is 3.47. The van der Waals surface area contributed by atoms with Crippen molar-refractivity contribution in [2.24, 2.45) is 0 Å². The number of carbonyl (C=O) groups excluding carboxylic acids is 2. The molecule has 5 rings (SSSR count). The molecule has 0 amide bonds. The van der Waals surface area contributed by atoms with E-state index in [1.54, 1.807) is 56.3 Å². The molecule has 1 spiro atoms. The second kappa shape index (κ2) is 10.7. The number of hydrogen-bond donors (Lipinski definition) is 0. The lowest BCUT2D eigenvalue weighted by molar-refractivity contribution is -0.190. The molecular weight excluding hydrogens is 598 g/mol. The molecule has 1 saturated heterocycles. The van der Waals surface area contributed by atoms with Crippen LogP contribution < -0.4 is 0 Å². The van der Waals surface area contributed by atoms with Gasteiger partial charge in [0.25, 0.3) is 5.54 Å². The maximum atomic E-state index is 14.7. The first-order valence-electron chi connectivity index (χ1n) is 13.1. The molecule has 0 saturated carbocycles. The molecule has 3 aromatic carbocycles. The van der Waals surface area contributed by atoms with Crippen LogP contribution in [-0.2, 0) is 46.0 Å². The van der Waals surface area contributed by atoms with Crippen molar-refractivity contribution in [3.05, 3.63) is 99.5 Å². The van der Waals surface area contributed by atoms with Gasteiger partial charge >= 0.3 is 11.9 Å². The van der Waals surface area contributed by atoms with Gasteiger partial charge in [-0.15, -0.1) is 0 Å². The molecule has 2 atom stereocenters. The highest BCUT2D eigenvalue weighted by Crippen LogP contribution is 2.62. The summed E-state index contributed by atoms with van der Waals surface area (Å²) in [4.78, 5) is 28.6. The first-order chi connectivity index (χ1) is 19.1. The van der Waals surface area contributed by atoms with Gasteiger partial charge in [0.2, 0.25) is 10.0 Å². The van der Waals surface area contributed by atoms with Crippen molar-refractivity contribution in [3.63, 3.8) is 0 Å². The summed E-state index contributed by atoms with van der Waals surface area (Å²) >= 11 is 3.49. The SMILES string of the molecule is CCOC(=O)C1(C(=O)OCC)N(S(=O)(=O)c2ccc(C)cc2)[C@@H](c2cccc(Br)c2)C[C@@]12OCc1ccccc12. The number of ether oxygens (including phenoxy) is 3. The fraction of sp³-hybridized carbons (Fsp3) is 0.333. The second-order valence-electron chi connectivity index (χ2n) is 9.81. The topological polar surface area (TPSA) is 99.2 Å². The fourth-order valence-corrected chi connectivity index (χ4v) is 8.22. The molecule has 3 aromatic rings. The molecular formula is C30H30BrNO7S. The summed E-state index contributed by atoms with van der Waals surface area (Å²) in [7, 11) is -4.53. The van der Waals surface area contributed by atoms with Crippen LogP contribution in [0.15, 0.2) is 82.2 Å². The van der Waals surface area contributed by atoms with Crippen molar-refractivity contribution >= 4 is 37.9 Å². The van der Waals surface area contributed by atoms with Crippen molar-refractivity contribution in [3.8, 4) is 0 Å². The van der Waals surface area contributed by atoms with Gasteiger partial charge in [0.15, 0.2) is 0 Å². The number of hydrogen-bond acceptors (Lipinski definition) is 7. The zero-order valence-electron chi connectivity index (χ0n) is 22.4. The Morgan fingerprint density at radius 2 is 1.62 bits per heavy atom. The molecule has 0 radical (unpaired) electrons. The molecule has 1 fully saturated rings. The molecule has 0 N–H and O–H groups in total. The van der Waals surface area contributed by atoms with E-state index >= 15 is 0 Å². The van der Waals surface area contributed by atoms with Crippen LogP contribution in [0.25, 0.3) is 0 Å². The number of halogens is 1. The Hall–Kier alpha value is -3.05. The van der Waals surface area contributed by atoms with E-state index in [1.165, 1.54) is 12.1 Å².